The predicted octanol–water partition coefficient (Wildman–Crippen LogP) is 5.41. The molecule has 0 bridgehead atoms. The van der Waals surface area contributed by atoms with Gasteiger partial charge < -0.3 is 0 Å². The van der Waals surface area contributed by atoms with Crippen molar-refractivity contribution in [3.63, 3.8) is 0 Å². The van der Waals surface area contributed by atoms with Gasteiger partial charge in [0.05, 0.1) is 0 Å². The van der Waals surface area contributed by atoms with Gasteiger partial charge in [-0.1, -0.05) is 48.5 Å². The highest BCUT2D eigenvalue weighted by Crippen LogP contribution is 2.33. The summed E-state index contributed by atoms with van der Waals surface area (Å²) in [5.74, 6) is 0. The Labute approximate surface area is 140 Å². The van der Waals surface area contributed by atoms with Crippen LogP contribution in [0.4, 0.5) is 0 Å². The van der Waals surface area contributed by atoms with E-state index >= 15 is 0 Å². The van der Waals surface area contributed by atoms with Gasteiger partial charge in [-0.3, -0.25) is 0 Å². The van der Waals surface area contributed by atoms with Crippen LogP contribution in [0.1, 0.15) is 24.0 Å². The van der Waals surface area contributed by atoms with E-state index in [4.69, 9.17) is 0 Å². The Morgan fingerprint density at radius 1 is 0.783 bits per heavy atom. The summed E-state index contributed by atoms with van der Waals surface area (Å²) in [5, 5.41) is 5.64. The SMILES string of the molecule is c1ccc2c(c1)ccc1c3c(ccc12)CCCC3.c1ncsn1. The molecular weight excluding hydrogens is 300 g/mol. The summed E-state index contributed by atoms with van der Waals surface area (Å²) in [6.45, 7) is 0. The van der Waals surface area contributed by atoms with Crippen molar-refractivity contribution in [3.05, 3.63) is 71.5 Å². The van der Waals surface area contributed by atoms with E-state index in [1.54, 1.807) is 16.6 Å². The van der Waals surface area contributed by atoms with Crippen molar-refractivity contribution < 1.29 is 0 Å². The van der Waals surface area contributed by atoms with E-state index in [1.165, 1.54) is 65.1 Å². The number of rotatable bonds is 0. The smallest absolute Gasteiger partial charge is 0.129 e. The second-order valence-corrected chi connectivity index (χ2v) is 6.51. The van der Waals surface area contributed by atoms with E-state index in [-0.39, 0.29) is 0 Å². The van der Waals surface area contributed by atoms with Crippen molar-refractivity contribution in [1.29, 1.82) is 0 Å². The van der Waals surface area contributed by atoms with E-state index in [9.17, 15) is 0 Å². The van der Waals surface area contributed by atoms with Crippen LogP contribution >= 0.6 is 11.5 Å². The summed E-state index contributed by atoms with van der Waals surface area (Å²) in [6, 6.07) is 18.0. The van der Waals surface area contributed by atoms with Gasteiger partial charge in [0.1, 0.15) is 11.8 Å². The molecule has 0 aliphatic heterocycles. The Kier molecular flexibility index (Phi) is 4.03. The standard InChI is InChI=1S/C18H16.C2H2N2S/c1-3-7-15-13(5-1)9-11-18-16-8-4-2-6-14(16)10-12-17(15)18;1-3-2-5-4-1/h1,3,5,7,9-12H,2,4,6,8H2;1-2H. The van der Waals surface area contributed by atoms with Gasteiger partial charge in [-0.15, -0.1) is 0 Å². The zero-order valence-electron chi connectivity index (χ0n) is 12.9. The summed E-state index contributed by atoms with van der Waals surface area (Å²) in [4.78, 5) is 3.63. The van der Waals surface area contributed by atoms with E-state index < -0.39 is 0 Å². The van der Waals surface area contributed by atoms with Gasteiger partial charge in [0.2, 0.25) is 0 Å². The zero-order chi connectivity index (χ0) is 15.5. The normalized spacial score (nSPS) is 13.4. The Balaban J connectivity index is 0.000000233. The molecule has 5 rings (SSSR count). The molecule has 0 saturated heterocycles. The highest BCUT2D eigenvalue weighted by atomic mass is 32.1. The van der Waals surface area contributed by atoms with Crippen molar-refractivity contribution in [1.82, 2.24) is 9.36 Å². The number of nitrogens with zero attached hydrogens (tertiary/aromatic N) is 2. The Hall–Kier alpha value is -2.26. The molecule has 3 heteroatoms. The number of benzene rings is 3. The highest BCUT2D eigenvalue weighted by molar-refractivity contribution is 7.03. The lowest BCUT2D eigenvalue weighted by molar-refractivity contribution is 0.690. The second-order valence-electron chi connectivity index (χ2n) is 5.87. The van der Waals surface area contributed by atoms with Crippen LogP contribution in [0.25, 0.3) is 21.5 Å². The largest absolute Gasteiger partial charge is 0.231 e. The summed E-state index contributed by atoms with van der Waals surface area (Å²) < 4.78 is 3.65. The molecule has 0 spiro atoms. The van der Waals surface area contributed by atoms with Gasteiger partial charge in [-0.05, 0) is 69.9 Å². The molecule has 2 nitrogen and oxygen atoms in total. The van der Waals surface area contributed by atoms with Crippen LogP contribution in [0, 0.1) is 0 Å². The number of hydrogen-bond acceptors (Lipinski definition) is 3. The number of aromatic nitrogens is 2. The zero-order valence-corrected chi connectivity index (χ0v) is 13.7. The molecule has 0 N–H and O–H groups in total. The number of aryl methyl sites for hydroxylation is 2. The minimum atomic E-state index is 1.25. The first-order chi connectivity index (χ1) is 11.4. The summed E-state index contributed by atoms with van der Waals surface area (Å²) in [5.41, 5.74) is 4.86. The van der Waals surface area contributed by atoms with Crippen molar-refractivity contribution in [3.8, 4) is 0 Å². The molecule has 1 aliphatic carbocycles. The van der Waals surface area contributed by atoms with Crippen LogP contribution in [0.3, 0.4) is 0 Å². The van der Waals surface area contributed by atoms with E-state index in [1.807, 2.05) is 0 Å². The Bertz CT molecular complexity index is 912. The molecule has 0 radical (unpaired) electrons. The van der Waals surface area contributed by atoms with Crippen molar-refractivity contribution in [2.24, 2.45) is 0 Å². The van der Waals surface area contributed by atoms with Crippen LogP contribution in [-0.2, 0) is 12.8 Å². The highest BCUT2D eigenvalue weighted by Gasteiger charge is 2.13. The van der Waals surface area contributed by atoms with Gasteiger partial charge in [0.25, 0.3) is 0 Å². The fourth-order valence-electron chi connectivity index (χ4n) is 3.48. The van der Waals surface area contributed by atoms with Crippen LogP contribution in [0.5, 0.6) is 0 Å². The third-order valence-corrected chi connectivity index (χ3v) is 4.97. The maximum Gasteiger partial charge on any atom is 0.129 e. The molecule has 23 heavy (non-hydrogen) atoms. The molecule has 114 valence electrons. The molecule has 3 aromatic carbocycles. The van der Waals surface area contributed by atoms with Crippen molar-refractivity contribution in [2.45, 2.75) is 25.7 Å². The second kappa shape index (κ2) is 6.47. The number of fused-ring (bicyclic) bond motifs is 5. The monoisotopic (exact) mass is 318 g/mol. The predicted molar refractivity (Wildman–Crippen MR) is 98.0 cm³/mol. The van der Waals surface area contributed by atoms with E-state index in [0.29, 0.717) is 0 Å². The molecular formula is C20H18N2S. The van der Waals surface area contributed by atoms with Gasteiger partial charge in [0.15, 0.2) is 0 Å². The summed E-state index contributed by atoms with van der Waals surface area (Å²) >= 11 is 1.35. The Morgan fingerprint density at radius 2 is 1.65 bits per heavy atom. The Morgan fingerprint density at radius 3 is 2.48 bits per heavy atom. The first kappa shape index (κ1) is 14.3. The molecule has 0 amide bonds. The number of hydrogen-bond donors (Lipinski definition) is 0. The van der Waals surface area contributed by atoms with Crippen LogP contribution in [-0.4, -0.2) is 9.36 Å². The average molecular weight is 318 g/mol. The van der Waals surface area contributed by atoms with Gasteiger partial charge in [0, 0.05) is 0 Å². The fourth-order valence-corrected chi connectivity index (χ4v) is 3.75. The van der Waals surface area contributed by atoms with Crippen molar-refractivity contribution in [2.75, 3.05) is 0 Å². The third kappa shape index (κ3) is 2.84. The van der Waals surface area contributed by atoms with Crippen LogP contribution in [0.2, 0.25) is 0 Å². The quantitative estimate of drug-likeness (QED) is 0.405. The lowest BCUT2D eigenvalue weighted by Gasteiger charge is -2.18. The fraction of sp³-hybridized carbons (Fsp3) is 0.200. The van der Waals surface area contributed by atoms with Gasteiger partial charge in [-0.25, -0.2) is 4.98 Å². The molecule has 0 fully saturated rings. The van der Waals surface area contributed by atoms with Crippen molar-refractivity contribution >= 4 is 33.1 Å². The molecule has 1 aromatic heterocycles. The van der Waals surface area contributed by atoms with Crippen LogP contribution < -0.4 is 0 Å². The third-order valence-electron chi connectivity index (χ3n) is 4.54. The van der Waals surface area contributed by atoms with Crippen LogP contribution in [0.15, 0.2) is 60.4 Å². The molecule has 0 atom stereocenters. The molecule has 1 heterocycles. The maximum absolute atomic E-state index is 3.65. The lowest BCUT2D eigenvalue weighted by atomic mass is 9.86. The molecule has 0 saturated carbocycles. The lowest BCUT2D eigenvalue weighted by Crippen LogP contribution is -2.02. The first-order valence-electron chi connectivity index (χ1n) is 8.05. The van der Waals surface area contributed by atoms with Gasteiger partial charge in [-0.2, -0.15) is 4.37 Å². The van der Waals surface area contributed by atoms with Gasteiger partial charge >= 0.3 is 0 Å². The molecule has 0 unspecified atom stereocenters. The summed E-state index contributed by atoms with van der Waals surface area (Å²) in [7, 11) is 0. The first-order valence-corrected chi connectivity index (χ1v) is 8.89. The maximum atomic E-state index is 3.65. The van der Waals surface area contributed by atoms with E-state index in [2.05, 4.69) is 57.9 Å². The molecule has 4 aromatic rings. The average Bonchev–Trinajstić information content (AvgIpc) is 3.21. The summed E-state index contributed by atoms with van der Waals surface area (Å²) in [6.07, 6.45) is 6.73. The minimum Gasteiger partial charge on any atom is -0.231 e. The molecule has 1 aliphatic rings. The topological polar surface area (TPSA) is 25.8 Å². The minimum absolute atomic E-state index is 1.25. The van der Waals surface area contributed by atoms with E-state index in [0.717, 1.165) is 0 Å².